The Kier molecular flexibility index (Phi) is 4.81. The van der Waals surface area contributed by atoms with Gasteiger partial charge in [0.1, 0.15) is 11.4 Å². The molecule has 2 saturated heterocycles. The third-order valence-corrected chi connectivity index (χ3v) is 6.52. The van der Waals surface area contributed by atoms with Crippen LogP contribution in [0.3, 0.4) is 0 Å². The number of benzene rings is 2. The molecule has 1 unspecified atom stereocenters. The van der Waals surface area contributed by atoms with Gasteiger partial charge in [0.2, 0.25) is 0 Å². The first kappa shape index (κ1) is 19.5. The second-order valence-electron chi connectivity index (χ2n) is 8.29. The predicted molar refractivity (Wildman–Crippen MR) is 116 cm³/mol. The summed E-state index contributed by atoms with van der Waals surface area (Å²) in [6.45, 7) is 1.54. The van der Waals surface area contributed by atoms with E-state index in [1.807, 2.05) is 30.5 Å². The molecule has 3 amide bonds. The molecule has 1 atom stereocenters. The highest BCUT2D eigenvalue weighted by atomic mass is 19.1. The van der Waals surface area contributed by atoms with Gasteiger partial charge in [0.25, 0.3) is 5.91 Å². The Morgan fingerprint density at radius 3 is 2.48 bits per heavy atom. The average Bonchev–Trinajstić information content (AvgIpc) is 3.08. The summed E-state index contributed by atoms with van der Waals surface area (Å²) in [6.07, 6.45) is 3.68. The summed E-state index contributed by atoms with van der Waals surface area (Å²) in [5.41, 5.74) is 1.90. The molecule has 2 aliphatic heterocycles. The lowest BCUT2D eigenvalue weighted by Crippen LogP contribution is -2.57. The molecule has 2 aliphatic rings. The van der Waals surface area contributed by atoms with E-state index in [0.717, 1.165) is 48.1 Å². The van der Waals surface area contributed by atoms with Crippen LogP contribution in [0, 0.1) is 11.7 Å². The lowest BCUT2D eigenvalue weighted by atomic mass is 9.74. The van der Waals surface area contributed by atoms with E-state index in [4.69, 9.17) is 0 Å². The number of carbonyl (C=O) groups is 2. The zero-order valence-electron chi connectivity index (χ0n) is 17.0. The molecule has 6 nitrogen and oxygen atoms in total. The summed E-state index contributed by atoms with van der Waals surface area (Å²) < 4.78 is 13.3. The van der Waals surface area contributed by atoms with Gasteiger partial charge < -0.3 is 10.2 Å². The molecule has 0 spiro atoms. The third-order valence-electron chi connectivity index (χ3n) is 6.52. The second kappa shape index (κ2) is 7.65. The molecule has 0 aliphatic carbocycles. The molecule has 0 saturated carbocycles. The summed E-state index contributed by atoms with van der Waals surface area (Å²) >= 11 is 0. The van der Waals surface area contributed by atoms with Crippen molar-refractivity contribution in [2.75, 3.05) is 18.0 Å². The minimum atomic E-state index is -1.01. The van der Waals surface area contributed by atoms with Crippen molar-refractivity contribution in [1.29, 1.82) is 0 Å². The molecule has 3 heterocycles. The summed E-state index contributed by atoms with van der Waals surface area (Å²) in [4.78, 5) is 31.7. The van der Waals surface area contributed by atoms with Crippen molar-refractivity contribution in [2.24, 2.45) is 5.92 Å². The Labute approximate surface area is 179 Å². The van der Waals surface area contributed by atoms with E-state index in [1.54, 1.807) is 12.1 Å². The molecule has 158 valence electrons. The van der Waals surface area contributed by atoms with Gasteiger partial charge in [-0.1, -0.05) is 30.3 Å². The molecular formula is C24H23FN4O2. The molecule has 2 N–H and O–H groups in total. The molecule has 2 aromatic carbocycles. The number of urea groups is 1. The Bertz CT molecular complexity index is 1140. The number of rotatable bonds is 4. The zero-order chi connectivity index (χ0) is 21.4. The number of nitrogens with zero attached hydrogens (tertiary/aromatic N) is 2. The van der Waals surface area contributed by atoms with Gasteiger partial charge in [-0.25, -0.2) is 9.18 Å². The molecule has 5 rings (SSSR count). The number of amides is 3. The summed E-state index contributed by atoms with van der Waals surface area (Å²) in [5.74, 6) is -0.640. The van der Waals surface area contributed by atoms with Crippen molar-refractivity contribution in [3.8, 4) is 0 Å². The van der Waals surface area contributed by atoms with Gasteiger partial charge >= 0.3 is 6.03 Å². The number of pyridine rings is 1. The molecule has 7 heteroatoms. The second-order valence-corrected chi connectivity index (χ2v) is 8.29. The number of piperidine rings is 1. The molecule has 1 aromatic heterocycles. The number of halogens is 1. The lowest BCUT2D eigenvalue weighted by molar-refractivity contribution is -0.126. The molecular weight excluding hydrogens is 395 g/mol. The van der Waals surface area contributed by atoms with E-state index in [1.165, 1.54) is 12.1 Å². The first-order valence-electron chi connectivity index (χ1n) is 10.5. The highest BCUT2D eigenvalue weighted by molar-refractivity contribution is 6.07. The van der Waals surface area contributed by atoms with E-state index in [-0.39, 0.29) is 17.6 Å². The molecule has 3 aromatic rings. The average molecular weight is 418 g/mol. The van der Waals surface area contributed by atoms with Crippen LogP contribution >= 0.6 is 0 Å². The van der Waals surface area contributed by atoms with E-state index in [9.17, 15) is 14.0 Å². The number of aromatic nitrogens is 1. The van der Waals surface area contributed by atoms with Crippen LogP contribution in [0.5, 0.6) is 0 Å². The minimum Gasteiger partial charge on any atom is -0.371 e. The maximum Gasteiger partial charge on any atom is 0.322 e. The van der Waals surface area contributed by atoms with Crippen molar-refractivity contribution >= 4 is 28.5 Å². The number of fused-ring (bicyclic) bond motifs is 1. The van der Waals surface area contributed by atoms with Crippen LogP contribution in [0.15, 0.2) is 60.8 Å². The van der Waals surface area contributed by atoms with Crippen LogP contribution in [-0.2, 0) is 11.2 Å². The number of imide groups is 1. The van der Waals surface area contributed by atoms with Gasteiger partial charge in [-0.15, -0.1) is 0 Å². The zero-order valence-corrected chi connectivity index (χ0v) is 17.0. The van der Waals surface area contributed by atoms with Gasteiger partial charge in [-0.3, -0.25) is 15.1 Å². The normalized spacial score (nSPS) is 21.9. The quantitative estimate of drug-likeness (QED) is 0.637. The van der Waals surface area contributed by atoms with E-state index < -0.39 is 11.6 Å². The molecule has 31 heavy (non-hydrogen) atoms. The maximum absolute atomic E-state index is 13.3. The van der Waals surface area contributed by atoms with Gasteiger partial charge in [-0.05, 0) is 48.6 Å². The van der Waals surface area contributed by atoms with Gasteiger partial charge in [0, 0.05) is 36.8 Å². The summed E-state index contributed by atoms with van der Waals surface area (Å²) in [5, 5.41) is 6.44. The smallest absolute Gasteiger partial charge is 0.322 e. The number of nitrogens with one attached hydrogen (secondary N) is 2. The number of para-hydroxylation sites is 1. The fourth-order valence-electron chi connectivity index (χ4n) is 4.96. The van der Waals surface area contributed by atoms with Crippen LogP contribution in [0.1, 0.15) is 18.4 Å². The van der Waals surface area contributed by atoms with Crippen molar-refractivity contribution < 1.29 is 14.0 Å². The van der Waals surface area contributed by atoms with E-state index in [2.05, 4.69) is 26.6 Å². The van der Waals surface area contributed by atoms with Crippen LogP contribution in [0.4, 0.5) is 14.9 Å². The Morgan fingerprint density at radius 2 is 1.77 bits per heavy atom. The number of hydrogen-bond acceptors (Lipinski definition) is 4. The SMILES string of the molecule is O=C1NC(=O)C(Cc2ccc(F)cc2)(C2CCN(c3ccnc4ccccc34)CC2)N1. The van der Waals surface area contributed by atoms with E-state index in [0.29, 0.717) is 6.42 Å². The van der Waals surface area contributed by atoms with Crippen LogP contribution in [0.2, 0.25) is 0 Å². The molecule has 0 radical (unpaired) electrons. The number of carbonyl (C=O) groups excluding carboxylic acids is 2. The monoisotopic (exact) mass is 418 g/mol. The van der Waals surface area contributed by atoms with E-state index >= 15 is 0 Å². The van der Waals surface area contributed by atoms with Gasteiger partial charge in [0.15, 0.2) is 0 Å². The number of anilines is 1. The van der Waals surface area contributed by atoms with Crippen molar-refractivity contribution in [3.05, 3.63) is 72.2 Å². The standard InChI is InChI=1S/C24H23FN4O2/c25-18-7-5-16(6-8-18)15-24(22(30)27-23(31)28-24)17-10-13-29(14-11-17)21-9-12-26-20-4-2-1-3-19(20)21/h1-9,12,17H,10-11,13-15H2,(H2,27,28,30,31). The van der Waals surface area contributed by atoms with Crippen LogP contribution < -0.4 is 15.5 Å². The largest absolute Gasteiger partial charge is 0.371 e. The molecule has 2 fully saturated rings. The Hall–Kier alpha value is -3.48. The first-order valence-corrected chi connectivity index (χ1v) is 10.5. The van der Waals surface area contributed by atoms with Crippen LogP contribution in [-0.4, -0.2) is 35.6 Å². The summed E-state index contributed by atoms with van der Waals surface area (Å²) in [7, 11) is 0. The van der Waals surface area contributed by atoms with Crippen molar-refractivity contribution in [1.82, 2.24) is 15.6 Å². The maximum atomic E-state index is 13.3. The van der Waals surface area contributed by atoms with Crippen molar-refractivity contribution in [2.45, 2.75) is 24.8 Å². The Balaban J connectivity index is 1.39. The Morgan fingerprint density at radius 1 is 1.03 bits per heavy atom. The first-order chi connectivity index (χ1) is 15.0. The third kappa shape index (κ3) is 3.50. The fraction of sp³-hybridized carbons (Fsp3) is 0.292. The topological polar surface area (TPSA) is 74.3 Å². The van der Waals surface area contributed by atoms with Gasteiger partial charge in [0.05, 0.1) is 5.52 Å². The van der Waals surface area contributed by atoms with Gasteiger partial charge in [-0.2, -0.15) is 0 Å². The fourth-order valence-corrected chi connectivity index (χ4v) is 4.96. The minimum absolute atomic E-state index is 0.0200. The predicted octanol–water partition coefficient (Wildman–Crippen LogP) is 3.41. The summed E-state index contributed by atoms with van der Waals surface area (Å²) in [6, 6.07) is 15.7. The highest BCUT2D eigenvalue weighted by Gasteiger charge is 2.52. The molecule has 0 bridgehead atoms. The number of hydrogen-bond donors (Lipinski definition) is 2. The van der Waals surface area contributed by atoms with Crippen molar-refractivity contribution in [3.63, 3.8) is 0 Å². The lowest BCUT2D eigenvalue weighted by Gasteiger charge is -2.41. The van der Waals surface area contributed by atoms with Crippen LogP contribution in [0.25, 0.3) is 10.9 Å². The highest BCUT2D eigenvalue weighted by Crippen LogP contribution is 2.36.